The van der Waals surface area contributed by atoms with Crippen molar-refractivity contribution in [1.29, 1.82) is 0 Å². The zero-order valence-corrected chi connectivity index (χ0v) is 14.0. The van der Waals surface area contributed by atoms with Gasteiger partial charge < -0.3 is 9.47 Å². The number of rotatable bonds is 4. The molecule has 0 aromatic heterocycles. The van der Waals surface area contributed by atoms with Crippen LogP contribution in [-0.2, 0) is 16.0 Å². The SMILES string of the molecule is CC(=O)OCC1(Cc2ccc(Cl)cc2)COc2ccccc2C1=O. The Balaban J connectivity index is 1.95. The van der Waals surface area contributed by atoms with E-state index in [1.54, 1.807) is 30.3 Å². The van der Waals surface area contributed by atoms with E-state index in [0.29, 0.717) is 22.8 Å². The van der Waals surface area contributed by atoms with Crippen molar-refractivity contribution < 1.29 is 19.1 Å². The van der Waals surface area contributed by atoms with Crippen molar-refractivity contribution in [3.05, 3.63) is 64.7 Å². The molecule has 5 heteroatoms. The van der Waals surface area contributed by atoms with E-state index in [4.69, 9.17) is 21.1 Å². The molecule has 1 aliphatic heterocycles. The number of hydrogen-bond donors (Lipinski definition) is 0. The van der Waals surface area contributed by atoms with E-state index in [0.717, 1.165) is 5.56 Å². The Kier molecular flexibility index (Phi) is 4.58. The topological polar surface area (TPSA) is 52.6 Å². The molecule has 124 valence electrons. The average molecular weight is 345 g/mol. The quantitative estimate of drug-likeness (QED) is 0.793. The van der Waals surface area contributed by atoms with Crippen molar-refractivity contribution in [2.75, 3.05) is 13.2 Å². The monoisotopic (exact) mass is 344 g/mol. The predicted octanol–water partition coefficient (Wildman–Crippen LogP) is 3.71. The van der Waals surface area contributed by atoms with E-state index < -0.39 is 11.4 Å². The summed E-state index contributed by atoms with van der Waals surface area (Å²) in [5.41, 5.74) is 0.515. The van der Waals surface area contributed by atoms with Gasteiger partial charge in [0.05, 0.1) is 5.56 Å². The lowest BCUT2D eigenvalue weighted by Crippen LogP contribution is -2.46. The van der Waals surface area contributed by atoms with Crippen LogP contribution in [0.25, 0.3) is 0 Å². The number of carbonyl (C=O) groups is 2. The molecule has 4 nitrogen and oxygen atoms in total. The molecule has 0 N–H and O–H groups in total. The second-order valence-corrected chi connectivity index (χ2v) is 6.41. The minimum Gasteiger partial charge on any atom is -0.492 e. The highest BCUT2D eigenvalue weighted by atomic mass is 35.5. The Labute approximate surface area is 145 Å². The van der Waals surface area contributed by atoms with Gasteiger partial charge in [0.25, 0.3) is 0 Å². The molecule has 1 atom stereocenters. The number of carbonyl (C=O) groups excluding carboxylic acids is 2. The van der Waals surface area contributed by atoms with E-state index in [1.807, 2.05) is 18.2 Å². The molecule has 0 radical (unpaired) electrons. The fourth-order valence-corrected chi connectivity index (χ4v) is 3.00. The average Bonchev–Trinajstić information content (AvgIpc) is 2.58. The van der Waals surface area contributed by atoms with Crippen LogP contribution in [0, 0.1) is 5.41 Å². The molecule has 0 saturated carbocycles. The smallest absolute Gasteiger partial charge is 0.302 e. The molecular formula is C19H17ClO4. The van der Waals surface area contributed by atoms with E-state index in [2.05, 4.69) is 0 Å². The Morgan fingerprint density at radius 2 is 1.92 bits per heavy atom. The molecule has 24 heavy (non-hydrogen) atoms. The van der Waals surface area contributed by atoms with Gasteiger partial charge in [-0.3, -0.25) is 9.59 Å². The first-order chi connectivity index (χ1) is 11.5. The van der Waals surface area contributed by atoms with Crippen LogP contribution in [-0.4, -0.2) is 25.0 Å². The first-order valence-corrected chi connectivity index (χ1v) is 8.02. The summed E-state index contributed by atoms with van der Waals surface area (Å²) < 4.78 is 11.0. The number of ketones is 1. The largest absolute Gasteiger partial charge is 0.492 e. The van der Waals surface area contributed by atoms with Crippen molar-refractivity contribution >= 4 is 23.4 Å². The van der Waals surface area contributed by atoms with Gasteiger partial charge in [0, 0.05) is 11.9 Å². The Hall–Kier alpha value is -2.33. The third kappa shape index (κ3) is 3.29. The summed E-state index contributed by atoms with van der Waals surface area (Å²) in [4.78, 5) is 24.4. The second kappa shape index (κ2) is 6.65. The highest BCUT2D eigenvalue weighted by Gasteiger charge is 2.45. The lowest BCUT2D eigenvalue weighted by molar-refractivity contribution is -0.144. The summed E-state index contributed by atoms with van der Waals surface area (Å²) in [7, 11) is 0. The van der Waals surface area contributed by atoms with Crippen LogP contribution in [0.15, 0.2) is 48.5 Å². The molecule has 0 bridgehead atoms. The molecule has 0 amide bonds. The van der Waals surface area contributed by atoms with Crippen LogP contribution in [0.2, 0.25) is 5.02 Å². The van der Waals surface area contributed by atoms with Crippen LogP contribution in [0.1, 0.15) is 22.8 Å². The molecule has 1 heterocycles. The number of hydrogen-bond acceptors (Lipinski definition) is 4. The van der Waals surface area contributed by atoms with Gasteiger partial charge in [-0.15, -0.1) is 0 Å². The van der Waals surface area contributed by atoms with Crippen molar-refractivity contribution in [3.8, 4) is 5.75 Å². The molecule has 1 unspecified atom stereocenters. The normalized spacial score (nSPS) is 19.3. The Morgan fingerprint density at radius 3 is 2.62 bits per heavy atom. The number of fused-ring (bicyclic) bond motifs is 1. The molecule has 2 aromatic rings. The zero-order chi connectivity index (χ0) is 17.2. The standard InChI is InChI=1S/C19H17ClO4/c1-13(21)23-11-19(10-14-6-8-15(20)9-7-14)12-24-17-5-3-2-4-16(17)18(19)22/h2-9H,10-12H2,1H3. The van der Waals surface area contributed by atoms with Crippen molar-refractivity contribution in [2.45, 2.75) is 13.3 Å². The van der Waals surface area contributed by atoms with Gasteiger partial charge in [-0.05, 0) is 36.2 Å². The minimum absolute atomic E-state index is 0.0157. The first kappa shape index (κ1) is 16.5. The first-order valence-electron chi connectivity index (χ1n) is 7.65. The third-order valence-corrected chi connectivity index (χ3v) is 4.38. The van der Waals surface area contributed by atoms with Gasteiger partial charge in [0.2, 0.25) is 0 Å². The van der Waals surface area contributed by atoms with E-state index in [9.17, 15) is 9.59 Å². The van der Waals surface area contributed by atoms with Crippen molar-refractivity contribution in [1.82, 2.24) is 0 Å². The van der Waals surface area contributed by atoms with E-state index >= 15 is 0 Å². The number of esters is 1. The summed E-state index contributed by atoms with van der Waals surface area (Å²) in [5.74, 6) is 0.0785. The summed E-state index contributed by atoms with van der Waals surface area (Å²) >= 11 is 5.93. The number of Topliss-reactive ketones (excluding diaryl/α,β-unsaturated/α-hetero) is 1. The van der Waals surface area contributed by atoms with Crippen molar-refractivity contribution in [2.24, 2.45) is 5.41 Å². The molecule has 0 saturated heterocycles. The maximum Gasteiger partial charge on any atom is 0.302 e. The molecule has 0 spiro atoms. The highest BCUT2D eigenvalue weighted by Crippen LogP contribution is 2.37. The molecular weight excluding hydrogens is 328 g/mol. The fraction of sp³-hybridized carbons (Fsp3) is 0.263. The summed E-state index contributed by atoms with van der Waals surface area (Å²) in [6.45, 7) is 1.48. The molecule has 1 aliphatic rings. The van der Waals surface area contributed by atoms with Gasteiger partial charge in [0.1, 0.15) is 24.4 Å². The lowest BCUT2D eigenvalue weighted by Gasteiger charge is -2.36. The molecule has 3 rings (SSSR count). The van der Waals surface area contributed by atoms with E-state index in [-0.39, 0.29) is 19.0 Å². The molecule has 2 aromatic carbocycles. The number of halogens is 1. The van der Waals surface area contributed by atoms with Gasteiger partial charge in [-0.25, -0.2) is 0 Å². The number of ether oxygens (including phenoxy) is 2. The van der Waals surface area contributed by atoms with Crippen LogP contribution in [0.3, 0.4) is 0 Å². The molecule has 0 fully saturated rings. The number of para-hydroxylation sites is 1. The van der Waals surface area contributed by atoms with Crippen LogP contribution < -0.4 is 4.74 Å². The van der Waals surface area contributed by atoms with Crippen molar-refractivity contribution in [3.63, 3.8) is 0 Å². The highest BCUT2D eigenvalue weighted by molar-refractivity contribution is 6.30. The van der Waals surface area contributed by atoms with Gasteiger partial charge >= 0.3 is 5.97 Å². The minimum atomic E-state index is -0.937. The Bertz CT molecular complexity index is 769. The second-order valence-electron chi connectivity index (χ2n) is 5.98. The Morgan fingerprint density at radius 1 is 1.21 bits per heavy atom. The summed E-state index contributed by atoms with van der Waals surface area (Å²) in [5, 5.41) is 0.629. The van der Waals surface area contributed by atoms with Crippen LogP contribution in [0.4, 0.5) is 0 Å². The maximum absolute atomic E-state index is 13.1. The van der Waals surface area contributed by atoms with Crippen LogP contribution in [0.5, 0.6) is 5.75 Å². The van der Waals surface area contributed by atoms with Gasteiger partial charge in [-0.1, -0.05) is 35.9 Å². The van der Waals surface area contributed by atoms with Gasteiger partial charge in [0.15, 0.2) is 5.78 Å². The molecule has 0 aliphatic carbocycles. The van der Waals surface area contributed by atoms with Crippen LogP contribution >= 0.6 is 11.6 Å². The lowest BCUT2D eigenvalue weighted by atomic mass is 9.75. The summed E-state index contributed by atoms with van der Waals surface area (Å²) in [6, 6.07) is 14.4. The van der Waals surface area contributed by atoms with Gasteiger partial charge in [-0.2, -0.15) is 0 Å². The van der Waals surface area contributed by atoms with E-state index in [1.165, 1.54) is 6.92 Å². The summed E-state index contributed by atoms with van der Waals surface area (Å²) in [6.07, 6.45) is 0.407. The predicted molar refractivity (Wildman–Crippen MR) is 90.5 cm³/mol. The number of benzene rings is 2. The maximum atomic E-state index is 13.1. The third-order valence-electron chi connectivity index (χ3n) is 4.12. The zero-order valence-electron chi connectivity index (χ0n) is 13.3. The fourth-order valence-electron chi connectivity index (χ4n) is 2.87.